The van der Waals surface area contributed by atoms with Crippen molar-refractivity contribution in [2.75, 3.05) is 65.1 Å². The van der Waals surface area contributed by atoms with Crippen LogP contribution in [-0.2, 0) is 14.3 Å². The largest absolute Gasteiger partial charge is 0.474 e. The first kappa shape index (κ1) is 29.3. The highest BCUT2D eigenvalue weighted by atomic mass is 19.3. The van der Waals surface area contributed by atoms with Crippen molar-refractivity contribution in [1.29, 1.82) is 0 Å². The van der Waals surface area contributed by atoms with Gasteiger partial charge in [-0.15, -0.1) is 0 Å². The minimum absolute atomic E-state index is 0.0832. The number of nitrogens with zero attached hydrogens (tertiary/aromatic N) is 6. The normalized spacial score (nSPS) is 19.8. The Kier molecular flexibility index (Phi) is 9.73. The van der Waals surface area contributed by atoms with Gasteiger partial charge in [-0.25, -0.2) is 13.8 Å². The Morgan fingerprint density at radius 1 is 1.12 bits per heavy atom. The van der Waals surface area contributed by atoms with Gasteiger partial charge in [0.1, 0.15) is 17.7 Å². The molecule has 1 aromatic carbocycles. The van der Waals surface area contributed by atoms with Gasteiger partial charge in [0.05, 0.1) is 37.4 Å². The lowest BCUT2D eigenvalue weighted by atomic mass is 9.84. The van der Waals surface area contributed by atoms with Gasteiger partial charge in [0.15, 0.2) is 5.82 Å². The fraction of sp³-hybridized carbons (Fsp3) is 0.586. The zero-order valence-corrected chi connectivity index (χ0v) is 23.7. The SMILES string of the molecule is COCCN(C)CC(=O)CC1CCC(Oc2cc(-n3c(C(F)F)nc4ccccc43)nc(N3CCOCC3)n2)CC1. The van der Waals surface area contributed by atoms with Crippen LogP contribution in [0.4, 0.5) is 14.7 Å². The second-order valence-electron chi connectivity index (χ2n) is 10.8. The van der Waals surface area contributed by atoms with E-state index in [4.69, 9.17) is 19.2 Å². The highest BCUT2D eigenvalue weighted by molar-refractivity contribution is 5.80. The lowest BCUT2D eigenvalue weighted by Gasteiger charge is -2.30. The summed E-state index contributed by atoms with van der Waals surface area (Å²) in [5.41, 5.74) is 1.01. The predicted octanol–water partition coefficient (Wildman–Crippen LogP) is 4.06. The van der Waals surface area contributed by atoms with Crippen molar-refractivity contribution < 1.29 is 27.8 Å². The molecule has 1 saturated carbocycles. The number of carbonyl (C=O) groups is 1. The average Bonchev–Trinajstić information content (AvgIpc) is 3.38. The zero-order chi connectivity index (χ0) is 28.8. The molecule has 12 heteroatoms. The molecule has 0 radical (unpaired) electrons. The van der Waals surface area contributed by atoms with Crippen LogP contribution >= 0.6 is 0 Å². The van der Waals surface area contributed by atoms with Gasteiger partial charge in [-0.2, -0.15) is 9.97 Å². The Bertz CT molecular complexity index is 1310. The molecule has 2 aromatic heterocycles. The fourth-order valence-corrected chi connectivity index (χ4v) is 5.55. The molecule has 2 aliphatic rings. The summed E-state index contributed by atoms with van der Waals surface area (Å²) >= 11 is 0. The molecule has 0 spiro atoms. The van der Waals surface area contributed by atoms with E-state index in [1.54, 1.807) is 37.4 Å². The second-order valence-corrected chi connectivity index (χ2v) is 10.8. The van der Waals surface area contributed by atoms with Crippen LogP contribution < -0.4 is 9.64 Å². The molecule has 10 nitrogen and oxygen atoms in total. The Morgan fingerprint density at radius 2 is 1.88 bits per heavy atom. The highest BCUT2D eigenvalue weighted by Crippen LogP contribution is 2.32. The molecule has 1 aliphatic heterocycles. The first-order valence-electron chi connectivity index (χ1n) is 14.2. The van der Waals surface area contributed by atoms with E-state index >= 15 is 0 Å². The monoisotopic (exact) mass is 572 g/mol. The third-order valence-electron chi connectivity index (χ3n) is 7.70. The van der Waals surface area contributed by atoms with Crippen molar-refractivity contribution in [1.82, 2.24) is 24.4 Å². The molecule has 0 N–H and O–H groups in total. The number of hydrogen-bond donors (Lipinski definition) is 0. The van der Waals surface area contributed by atoms with Gasteiger partial charge in [0.2, 0.25) is 11.8 Å². The van der Waals surface area contributed by atoms with Crippen LogP contribution in [0.1, 0.15) is 44.4 Å². The molecule has 41 heavy (non-hydrogen) atoms. The fourth-order valence-electron chi connectivity index (χ4n) is 5.55. The van der Waals surface area contributed by atoms with Crippen LogP contribution in [0, 0.1) is 5.92 Å². The number of carbonyl (C=O) groups excluding carboxylic acids is 1. The van der Waals surface area contributed by atoms with E-state index in [0.29, 0.717) is 74.7 Å². The Labute approximate surface area is 238 Å². The van der Waals surface area contributed by atoms with E-state index in [1.807, 2.05) is 16.8 Å². The van der Waals surface area contributed by atoms with E-state index in [9.17, 15) is 13.6 Å². The van der Waals surface area contributed by atoms with E-state index in [-0.39, 0.29) is 23.5 Å². The minimum atomic E-state index is -2.79. The predicted molar refractivity (Wildman–Crippen MR) is 150 cm³/mol. The van der Waals surface area contributed by atoms with Crippen molar-refractivity contribution in [3.05, 3.63) is 36.2 Å². The first-order valence-corrected chi connectivity index (χ1v) is 14.2. The molecular weight excluding hydrogens is 534 g/mol. The molecule has 1 saturated heterocycles. The summed E-state index contributed by atoms with van der Waals surface area (Å²) in [5.74, 6) is 1.24. The van der Waals surface area contributed by atoms with Crippen LogP contribution in [0.3, 0.4) is 0 Å². The molecule has 1 aliphatic carbocycles. The third-order valence-corrected chi connectivity index (χ3v) is 7.70. The number of para-hydroxylation sites is 2. The maximum absolute atomic E-state index is 14.1. The Hall–Kier alpha value is -3.22. The molecule has 5 rings (SSSR count). The Morgan fingerprint density at radius 3 is 2.61 bits per heavy atom. The number of aromatic nitrogens is 4. The summed E-state index contributed by atoms with van der Waals surface area (Å²) in [7, 11) is 3.59. The van der Waals surface area contributed by atoms with Gasteiger partial charge in [-0.3, -0.25) is 14.3 Å². The summed E-state index contributed by atoms with van der Waals surface area (Å²) in [6, 6.07) is 8.64. The van der Waals surface area contributed by atoms with Crippen LogP contribution in [0.15, 0.2) is 30.3 Å². The van der Waals surface area contributed by atoms with Crippen molar-refractivity contribution in [2.45, 2.75) is 44.6 Å². The molecule has 222 valence electrons. The van der Waals surface area contributed by atoms with E-state index in [2.05, 4.69) is 9.97 Å². The average molecular weight is 573 g/mol. The number of morpholine rings is 1. The van der Waals surface area contributed by atoms with Crippen molar-refractivity contribution >= 4 is 22.8 Å². The van der Waals surface area contributed by atoms with E-state index in [1.165, 1.54) is 4.57 Å². The smallest absolute Gasteiger partial charge is 0.296 e. The van der Waals surface area contributed by atoms with Gasteiger partial charge >= 0.3 is 0 Å². The van der Waals surface area contributed by atoms with Crippen molar-refractivity contribution in [3.63, 3.8) is 0 Å². The number of benzene rings is 1. The molecule has 0 unspecified atom stereocenters. The quantitative estimate of drug-likeness (QED) is 0.318. The van der Waals surface area contributed by atoms with Crippen LogP contribution in [0.5, 0.6) is 5.88 Å². The molecule has 0 atom stereocenters. The second kappa shape index (κ2) is 13.6. The van der Waals surface area contributed by atoms with Gasteiger partial charge in [-0.1, -0.05) is 12.1 Å². The molecule has 0 amide bonds. The van der Waals surface area contributed by atoms with E-state index in [0.717, 1.165) is 32.2 Å². The lowest BCUT2D eigenvalue weighted by Crippen LogP contribution is -2.37. The number of ketones is 1. The van der Waals surface area contributed by atoms with E-state index < -0.39 is 6.43 Å². The van der Waals surface area contributed by atoms with Crippen LogP contribution in [0.25, 0.3) is 16.9 Å². The van der Waals surface area contributed by atoms with Crippen molar-refractivity contribution in [2.24, 2.45) is 5.92 Å². The maximum atomic E-state index is 14.1. The summed E-state index contributed by atoms with van der Waals surface area (Å²) in [6.45, 7) is 4.01. The number of fused-ring (bicyclic) bond motifs is 1. The summed E-state index contributed by atoms with van der Waals surface area (Å²) in [4.78, 5) is 30.1. The van der Waals surface area contributed by atoms with Gasteiger partial charge in [0, 0.05) is 39.2 Å². The molecule has 3 heterocycles. The number of Topliss-reactive ketones (excluding diaryl/α,β-unsaturated/α-hetero) is 1. The summed E-state index contributed by atoms with van der Waals surface area (Å²) in [6.07, 6.45) is 1.04. The molecule has 0 bridgehead atoms. The van der Waals surface area contributed by atoms with Gasteiger partial charge in [-0.05, 0) is 50.8 Å². The number of ether oxygens (including phenoxy) is 3. The summed E-state index contributed by atoms with van der Waals surface area (Å²) in [5, 5.41) is 0. The van der Waals surface area contributed by atoms with Crippen LogP contribution in [-0.4, -0.2) is 96.5 Å². The number of imidazole rings is 1. The molecule has 2 fully saturated rings. The molecule has 3 aromatic rings. The number of anilines is 1. The third kappa shape index (κ3) is 7.35. The van der Waals surface area contributed by atoms with Gasteiger partial charge < -0.3 is 19.1 Å². The number of rotatable bonds is 12. The number of methoxy groups -OCH3 is 1. The highest BCUT2D eigenvalue weighted by Gasteiger charge is 2.27. The Balaban J connectivity index is 1.32. The summed E-state index contributed by atoms with van der Waals surface area (Å²) < 4.78 is 46.6. The first-order chi connectivity index (χ1) is 19.9. The maximum Gasteiger partial charge on any atom is 0.296 e. The number of likely N-dealkylation sites (N-methyl/N-ethyl adjacent to an activating group) is 1. The molecular formula is C29H38F2N6O4. The van der Waals surface area contributed by atoms with Gasteiger partial charge in [0.25, 0.3) is 6.43 Å². The van der Waals surface area contributed by atoms with Crippen molar-refractivity contribution in [3.8, 4) is 11.7 Å². The number of alkyl halides is 2. The standard InChI is InChI=1S/C29H38F2N6O4/c1-35(11-14-39-2)19-21(38)17-20-7-9-22(10-8-20)41-26-18-25(33-29(34-26)36-12-15-40-16-13-36)37-24-6-4-3-5-23(24)32-28(37)27(30)31/h3-6,18,20,22,27H,7-17,19H2,1-2H3. The topological polar surface area (TPSA) is 94.8 Å². The number of hydrogen-bond acceptors (Lipinski definition) is 9. The zero-order valence-electron chi connectivity index (χ0n) is 23.7. The lowest BCUT2D eigenvalue weighted by molar-refractivity contribution is -0.121. The minimum Gasteiger partial charge on any atom is -0.474 e. The number of halogens is 2. The van der Waals surface area contributed by atoms with Crippen LogP contribution in [0.2, 0.25) is 0 Å².